The van der Waals surface area contributed by atoms with Crippen molar-refractivity contribution < 1.29 is 19.1 Å². The van der Waals surface area contributed by atoms with E-state index in [4.69, 9.17) is 21.1 Å². The summed E-state index contributed by atoms with van der Waals surface area (Å²) in [5.74, 6) is 0.217. The number of hydrogen-bond donors (Lipinski definition) is 1. The van der Waals surface area contributed by atoms with Crippen LogP contribution in [0.1, 0.15) is 24.9 Å². The number of amides is 1. The predicted molar refractivity (Wildman–Crippen MR) is 99.0 cm³/mol. The van der Waals surface area contributed by atoms with E-state index < -0.39 is 12.0 Å². The molecule has 0 fully saturated rings. The maximum atomic E-state index is 12.3. The van der Waals surface area contributed by atoms with Gasteiger partial charge in [0.15, 0.2) is 0 Å². The van der Waals surface area contributed by atoms with E-state index in [1.54, 1.807) is 49.6 Å². The van der Waals surface area contributed by atoms with Gasteiger partial charge in [-0.25, -0.2) is 0 Å². The fourth-order valence-corrected chi connectivity index (χ4v) is 2.93. The Kier molecular flexibility index (Phi) is 6.84. The van der Waals surface area contributed by atoms with Gasteiger partial charge in [0, 0.05) is 11.4 Å². The SMILES string of the molecule is COc1ccc([C@@H](CC(=O)Oc2ccc(Br)cc2Cl)NC(C)=O)cc1. The summed E-state index contributed by atoms with van der Waals surface area (Å²) in [6.45, 7) is 1.40. The van der Waals surface area contributed by atoms with Crippen LogP contribution in [0.15, 0.2) is 46.9 Å². The second-order valence-electron chi connectivity index (χ2n) is 5.28. The maximum absolute atomic E-state index is 12.3. The van der Waals surface area contributed by atoms with E-state index in [1.165, 1.54) is 6.92 Å². The van der Waals surface area contributed by atoms with Crippen molar-refractivity contribution in [2.45, 2.75) is 19.4 Å². The van der Waals surface area contributed by atoms with Crippen molar-refractivity contribution in [1.29, 1.82) is 0 Å². The minimum absolute atomic E-state index is 0.0295. The number of nitrogens with one attached hydrogen (secondary N) is 1. The monoisotopic (exact) mass is 425 g/mol. The van der Waals surface area contributed by atoms with Crippen molar-refractivity contribution in [3.63, 3.8) is 0 Å². The number of methoxy groups -OCH3 is 1. The summed E-state index contributed by atoms with van der Waals surface area (Å²) in [5.41, 5.74) is 0.773. The molecule has 2 aromatic rings. The summed E-state index contributed by atoms with van der Waals surface area (Å²) < 4.78 is 11.2. The number of hydrogen-bond acceptors (Lipinski definition) is 4. The number of esters is 1. The Labute approximate surface area is 159 Å². The Balaban J connectivity index is 2.12. The lowest BCUT2D eigenvalue weighted by atomic mass is 10.0. The molecule has 132 valence electrons. The first kappa shape index (κ1) is 19.3. The molecule has 0 aliphatic carbocycles. The van der Waals surface area contributed by atoms with Crippen LogP contribution in [0.5, 0.6) is 11.5 Å². The summed E-state index contributed by atoms with van der Waals surface area (Å²) in [7, 11) is 1.57. The maximum Gasteiger partial charge on any atom is 0.313 e. The molecule has 0 aromatic heterocycles. The fraction of sp³-hybridized carbons (Fsp3) is 0.222. The van der Waals surface area contributed by atoms with Crippen LogP contribution in [-0.4, -0.2) is 19.0 Å². The molecule has 0 saturated carbocycles. The van der Waals surface area contributed by atoms with Crippen LogP contribution in [-0.2, 0) is 9.59 Å². The van der Waals surface area contributed by atoms with Gasteiger partial charge in [0.2, 0.25) is 5.91 Å². The third kappa shape index (κ3) is 5.76. The molecule has 0 heterocycles. The average molecular weight is 427 g/mol. The molecule has 0 radical (unpaired) electrons. The van der Waals surface area contributed by atoms with Gasteiger partial charge >= 0.3 is 5.97 Å². The number of carbonyl (C=O) groups excluding carboxylic acids is 2. The van der Waals surface area contributed by atoms with Crippen LogP contribution in [0.25, 0.3) is 0 Å². The molecule has 1 N–H and O–H groups in total. The zero-order valence-electron chi connectivity index (χ0n) is 13.7. The minimum Gasteiger partial charge on any atom is -0.497 e. The van der Waals surface area contributed by atoms with E-state index in [0.29, 0.717) is 10.8 Å². The van der Waals surface area contributed by atoms with Crippen molar-refractivity contribution in [2.75, 3.05) is 7.11 Å². The van der Waals surface area contributed by atoms with Gasteiger partial charge in [0.25, 0.3) is 0 Å². The number of halogens is 2. The first-order valence-corrected chi connectivity index (χ1v) is 8.63. The van der Waals surface area contributed by atoms with Gasteiger partial charge < -0.3 is 14.8 Å². The van der Waals surface area contributed by atoms with Gasteiger partial charge in [0.1, 0.15) is 11.5 Å². The quantitative estimate of drug-likeness (QED) is 0.553. The first-order chi connectivity index (χ1) is 11.9. The molecule has 0 saturated heterocycles. The van der Waals surface area contributed by atoms with Gasteiger partial charge in [-0.1, -0.05) is 39.7 Å². The van der Waals surface area contributed by atoms with Gasteiger partial charge in [-0.05, 0) is 35.9 Å². The normalized spacial score (nSPS) is 11.5. The lowest BCUT2D eigenvalue weighted by Gasteiger charge is -2.18. The molecule has 25 heavy (non-hydrogen) atoms. The van der Waals surface area contributed by atoms with Crippen molar-refractivity contribution in [1.82, 2.24) is 5.32 Å². The molecule has 0 unspecified atom stereocenters. The number of ether oxygens (including phenoxy) is 2. The molecular formula is C18H17BrClNO4. The Hall–Kier alpha value is -2.05. The van der Waals surface area contributed by atoms with Gasteiger partial charge in [-0.2, -0.15) is 0 Å². The van der Waals surface area contributed by atoms with Crippen LogP contribution in [0.4, 0.5) is 0 Å². The summed E-state index contributed by atoms with van der Waals surface area (Å²) in [4.78, 5) is 23.7. The average Bonchev–Trinajstić information content (AvgIpc) is 2.56. The van der Waals surface area contributed by atoms with E-state index in [-0.39, 0.29) is 18.1 Å². The van der Waals surface area contributed by atoms with Crippen molar-refractivity contribution in [3.8, 4) is 11.5 Å². The lowest BCUT2D eigenvalue weighted by molar-refractivity contribution is -0.135. The van der Waals surface area contributed by atoms with Crippen LogP contribution < -0.4 is 14.8 Å². The first-order valence-electron chi connectivity index (χ1n) is 7.46. The van der Waals surface area contributed by atoms with Crippen molar-refractivity contribution >= 4 is 39.4 Å². The zero-order chi connectivity index (χ0) is 18.4. The highest BCUT2D eigenvalue weighted by molar-refractivity contribution is 9.10. The smallest absolute Gasteiger partial charge is 0.313 e. The van der Waals surface area contributed by atoms with E-state index in [9.17, 15) is 9.59 Å². The third-order valence-electron chi connectivity index (χ3n) is 3.38. The molecule has 0 bridgehead atoms. The molecule has 1 amide bonds. The topological polar surface area (TPSA) is 64.6 Å². The molecule has 7 heteroatoms. The van der Waals surface area contributed by atoms with E-state index in [2.05, 4.69) is 21.2 Å². The number of benzene rings is 2. The molecule has 0 spiro atoms. The molecule has 0 aliphatic rings. The summed E-state index contributed by atoms with van der Waals surface area (Å²) >= 11 is 9.34. The highest BCUT2D eigenvalue weighted by Gasteiger charge is 2.19. The molecule has 5 nitrogen and oxygen atoms in total. The second kappa shape index (κ2) is 8.87. The van der Waals surface area contributed by atoms with Crippen LogP contribution in [0.2, 0.25) is 5.02 Å². The minimum atomic E-state index is -0.509. The van der Waals surface area contributed by atoms with Crippen LogP contribution >= 0.6 is 27.5 Å². The highest BCUT2D eigenvalue weighted by Crippen LogP contribution is 2.29. The standard InChI is InChI=1S/C18H17BrClNO4/c1-11(22)21-16(12-3-6-14(24-2)7-4-12)10-18(23)25-17-8-5-13(19)9-15(17)20/h3-9,16H,10H2,1-2H3,(H,21,22)/t16-/m1/s1. The largest absolute Gasteiger partial charge is 0.497 e. The summed E-state index contributed by atoms with van der Waals surface area (Å²) in [6, 6.07) is 11.6. The van der Waals surface area contributed by atoms with E-state index in [0.717, 1.165) is 10.0 Å². The van der Waals surface area contributed by atoms with Crippen molar-refractivity contribution in [3.05, 3.63) is 57.5 Å². The van der Waals surface area contributed by atoms with Gasteiger partial charge in [-0.15, -0.1) is 0 Å². The summed E-state index contributed by atoms with van der Waals surface area (Å²) in [6.07, 6.45) is -0.0295. The summed E-state index contributed by atoms with van der Waals surface area (Å²) in [5, 5.41) is 3.08. The highest BCUT2D eigenvalue weighted by atomic mass is 79.9. The fourth-order valence-electron chi connectivity index (χ4n) is 2.22. The Morgan fingerprint density at radius 1 is 1.20 bits per heavy atom. The lowest BCUT2D eigenvalue weighted by Crippen LogP contribution is -2.29. The number of rotatable bonds is 6. The molecule has 2 rings (SSSR count). The Morgan fingerprint density at radius 3 is 2.44 bits per heavy atom. The second-order valence-corrected chi connectivity index (χ2v) is 6.60. The zero-order valence-corrected chi connectivity index (χ0v) is 16.1. The van der Waals surface area contributed by atoms with Crippen molar-refractivity contribution in [2.24, 2.45) is 0 Å². The molecular weight excluding hydrogens is 410 g/mol. The van der Waals surface area contributed by atoms with E-state index >= 15 is 0 Å². The third-order valence-corrected chi connectivity index (χ3v) is 4.17. The molecule has 1 atom stereocenters. The number of carbonyl (C=O) groups is 2. The molecule has 2 aromatic carbocycles. The van der Waals surface area contributed by atoms with Crippen LogP contribution in [0.3, 0.4) is 0 Å². The molecule has 0 aliphatic heterocycles. The van der Waals surface area contributed by atoms with Gasteiger partial charge in [0.05, 0.1) is 24.6 Å². The van der Waals surface area contributed by atoms with E-state index in [1.807, 2.05) is 0 Å². The predicted octanol–water partition coefficient (Wildman–Crippen LogP) is 4.28. The Bertz CT molecular complexity index is 764. The Morgan fingerprint density at radius 2 is 1.88 bits per heavy atom. The van der Waals surface area contributed by atoms with Crippen LogP contribution in [0, 0.1) is 0 Å². The van der Waals surface area contributed by atoms with Gasteiger partial charge in [-0.3, -0.25) is 9.59 Å².